The average Bonchev–Trinajstić information content (AvgIpc) is 3.15. The van der Waals surface area contributed by atoms with Gasteiger partial charge < -0.3 is 15.2 Å². The molecule has 3 aromatic rings. The van der Waals surface area contributed by atoms with E-state index in [1.54, 1.807) is 30.3 Å². The van der Waals surface area contributed by atoms with Crippen LogP contribution in [0.3, 0.4) is 0 Å². The van der Waals surface area contributed by atoms with Crippen molar-refractivity contribution in [1.82, 2.24) is 20.1 Å². The summed E-state index contributed by atoms with van der Waals surface area (Å²) < 4.78 is 34.2. The van der Waals surface area contributed by atoms with E-state index in [9.17, 15) is 18.7 Å². The number of hydrogen-bond donors (Lipinski definition) is 2. The molecule has 0 aliphatic heterocycles. The first-order chi connectivity index (χ1) is 13.4. The SMILES string of the molecule is C[C@@H](NC(=O)Oc1ccccc1)[C@@](O)(Cn1cncn1)c1ccc(F)cc1F. The Balaban J connectivity index is 1.86. The number of para-hydroxylation sites is 1. The quantitative estimate of drug-likeness (QED) is 0.678. The topological polar surface area (TPSA) is 89.3 Å². The molecule has 1 heterocycles. The fourth-order valence-corrected chi connectivity index (χ4v) is 2.78. The number of benzene rings is 2. The standard InChI is InChI=1S/C19H18F2N4O3/c1-13(24-18(26)28-15-5-3-2-4-6-15)19(27,10-25-12-22-11-23-25)16-8-7-14(20)9-17(16)21/h2-9,11-13,27H,10H2,1H3,(H,24,26)/t13-,19+/m1/s1. The molecule has 2 aromatic carbocycles. The zero-order valence-electron chi connectivity index (χ0n) is 14.9. The van der Waals surface area contributed by atoms with Gasteiger partial charge in [-0.25, -0.2) is 23.2 Å². The molecule has 7 nitrogen and oxygen atoms in total. The lowest BCUT2D eigenvalue weighted by molar-refractivity contribution is -0.0182. The summed E-state index contributed by atoms with van der Waals surface area (Å²) >= 11 is 0. The summed E-state index contributed by atoms with van der Waals surface area (Å²) in [6, 6.07) is 10.1. The number of nitrogens with zero attached hydrogens (tertiary/aromatic N) is 3. The van der Waals surface area contributed by atoms with Gasteiger partial charge in [0.1, 0.15) is 35.6 Å². The van der Waals surface area contributed by atoms with Crippen LogP contribution in [-0.4, -0.2) is 32.0 Å². The van der Waals surface area contributed by atoms with Gasteiger partial charge in [-0.15, -0.1) is 0 Å². The van der Waals surface area contributed by atoms with Gasteiger partial charge in [-0.05, 0) is 25.1 Å². The monoisotopic (exact) mass is 388 g/mol. The van der Waals surface area contributed by atoms with Crippen molar-refractivity contribution in [2.45, 2.75) is 25.1 Å². The normalized spacial score (nSPS) is 14.1. The van der Waals surface area contributed by atoms with Crippen LogP contribution in [0.15, 0.2) is 61.2 Å². The number of aromatic nitrogens is 3. The lowest BCUT2D eigenvalue weighted by Gasteiger charge is -2.34. The molecule has 2 atom stereocenters. The fraction of sp³-hybridized carbons (Fsp3) is 0.211. The number of ether oxygens (including phenoxy) is 1. The van der Waals surface area contributed by atoms with E-state index in [4.69, 9.17) is 4.74 Å². The molecule has 1 amide bonds. The summed E-state index contributed by atoms with van der Waals surface area (Å²) in [5, 5.41) is 17.7. The molecular weight excluding hydrogens is 370 g/mol. The van der Waals surface area contributed by atoms with Gasteiger partial charge in [0.05, 0.1) is 12.6 Å². The first-order valence-electron chi connectivity index (χ1n) is 8.42. The van der Waals surface area contributed by atoms with Gasteiger partial charge in [0.25, 0.3) is 0 Å². The molecule has 28 heavy (non-hydrogen) atoms. The number of halogens is 2. The number of carbonyl (C=O) groups excluding carboxylic acids is 1. The average molecular weight is 388 g/mol. The molecule has 0 aliphatic rings. The number of amides is 1. The van der Waals surface area contributed by atoms with E-state index >= 15 is 0 Å². The Labute approximate surface area is 159 Å². The number of hydrogen-bond acceptors (Lipinski definition) is 5. The van der Waals surface area contributed by atoms with Crippen LogP contribution in [0.2, 0.25) is 0 Å². The first-order valence-corrected chi connectivity index (χ1v) is 8.42. The summed E-state index contributed by atoms with van der Waals surface area (Å²) in [5.74, 6) is -1.43. The van der Waals surface area contributed by atoms with Crippen molar-refractivity contribution in [2.75, 3.05) is 0 Å². The molecule has 0 fully saturated rings. The molecule has 2 N–H and O–H groups in total. The maximum absolute atomic E-state index is 14.4. The van der Waals surface area contributed by atoms with Crippen LogP contribution in [0.1, 0.15) is 12.5 Å². The number of carbonyl (C=O) groups is 1. The van der Waals surface area contributed by atoms with Gasteiger partial charge >= 0.3 is 6.09 Å². The molecule has 3 rings (SSSR count). The third-order valence-corrected chi connectivity index (χ3v) is 4.27. The van der Waals surface area contributed by atoms with Crippen molar-refractivity contribution in [2.24, 2.45) is 0 Å². The minimum Gasteiger partial charge on any atom is -0.410 e. The van der Waals surface area contributed by atoms with Crippen molar-refractivity contribution in [3.05, 3.63) is 78.4 Å². The highest BCUT2D eigenvalue weighted by Crippen LogP contribution is 2.30. The zero-order chi connectivity index (χ0) is 20.1. The van der Waals surface area contributed by atoms with E-state index in [0.29, 0.717) is 11.8 Å². The van der Waals surface area contributed by atoms with Gasteiger partial charge in [0, 0.05) is 11.6 Å². The predicted octanol–water partition coefficient (Wildman–Crippen LogP) is 2.62. The molecule has 0 spiro atoms. The van der Waals surface area contributed by atoms with E-state index in [0.717, 1.165) is 12.1 Å². The van der Waals surface area contributed by atoms with Crippen molar-refractivity contribution in [1.29, 1.82) is 0 Å². The Morgan fingerprint density at radius 2 is 2.04 bits per heavy atom. The maximum atomic E-state index is 14.4. The molecule has 9 heteroatoms. The Kier molecular flexibility index (Phi) is 5.65. The van der Waals surface area contributed by atoms with Crippen LogP contribution < -0.4 is 10.1 Å². The van der Waals surface area contributed by atoms with Crippen LogP contribution in [-0.2, 0) is 12.1 Å². The van der Waals surface area contributed by atoms with Crippen molar-refractivity contribution < 1.29 is 23.4 Å². The lowest BCUT2D eigenvalue weighted by atomic mass is 9.86. The molecule has 0 saturated heterocycles. The summed E-state index contributed by atoms with van der Waals surface area (Å²) in [6.07, 6.45) is 1.75. The van der Waals surface area contributed by atoms with Crippen molar-refractivity contribution >= 4 is 6.09 Å². The molecule has 0 unspecified atom stereocenters. The fourth-order valence-electron chi connectivity index (χ4n) is 2.78. The Morgan fingerprint density at radius 3 is 2.68 bits per heavy atom. The summed E-state index contributed by atoms with van der Waals surface area (Å²) in [6.45, 7) is 1.24. The minimum absolute atomic E-state index is 0.197. The minimum atomic E-state index is -1.96. The molecule has 0 saturated carbocycles. The van der Waals surface area contributed by atoms with Crippen LogP contribution >= 0.6 is 0 Å². The smallest absolute Gasteiger partial charge is 0.410 e. The zero-order valence-corrected chi connectivity index (χ0v) is 14.9. The van der Waals surface area contributed by atoms with Gasteiger partial charge in [-0.1, -0.05) is 24.3 Å². The molecule has 1 aromatic heterocycles. The molecule has 0 bridgehead atoms. The molecule has 146 valence electrons. The highest BCUT2D eigenvalue weighted by Gasteiger charge is 2.40. The van der Waals surface area contributed by atoms with E-state index in [1.807, 2.05) is 0 Å². The number of nitrogens with one attached hydrogen (secondary N) is 1. The van der Waals surface area contributed by atoms with Crippen LogP contribution in [0.5, 0.6) is 5.75 Å². The number of rotatable bonds is 6. The maximum Gasteiger partial charge on any atom is 0.412 e. The van der Waals surface area contributed by atoms with Gasteiger partial charge in [0.15, 0.2) is 0 Å². The second-order valence-corrected chi connectivity index (χ2v) is 6.21. The van der Waals surface area contributed by atoms with Crippen molar-refractivity contribution in [3.8, 4) is 5.75 Å². The first kappa shape index (κ1) is 19.4. The Morgan fingerprint density at radius 1 is 1.29 bits per heavy atom. The second kappa shape index (κ2) is 8.13. The van der Waals surface area contributed by atoms with Crippen LogP contribution in [0.4, 0.5) is 13.6 Å². The molecule has 0 aliphatic carbocycles. The predicted molar refractivity (Wildman–Crippen MR) is 95.3 cm³/mol. The third kappa shape index (κ3) is 4.32. The highest BCUT2D eigenvalue weighted by molar-refractivity contribution is 5.70. The van der Waals surface area contributed by atoms with Crippen molar-refractivity contribution in [3.63, 3.8) is 0 Å². The Bertz CT molecular complexity index is 938. The third-order valence-electron chi connectivity index (χ3n) is 4.27. The largest absolute Gasteiger partial charge is 0.412 e. The van der Waals surface area contributed by atoms with Gasteiger partial charge in [0.2, 0.25) is 0 Å². The van der Waals surface area contributed by atoms with E-state index in [-0.39, 0.29) is 12.1 Å². The molecule has 0 radical (unpaired) electrons. The number of aliphatic hydroxyl groups is 1. The molecular formula is C19H18F2N4O3. The lowest BCUT2D eigenvalue weighted by Crippen LogP contribution is -2.52. The van der Waals surface area contributed by atoms with Crippen LogP contribution in [0, 0.1) is 11.6 Å². The Hall–Kier alpha value is -3.33. The van der Waals surface area contributed by atoms with Crippen LogP contribution in [0.25, 0.3) is 0 Å². The summed E-state index contributed by atoms with van der Waals surface area (Å²) in [4.78, 5) is 16.0. The van der Waals surface area contributed by atoms with E-state index in [1.165, 1.54) is 24.3 Å². The highest BCUT2D eigenvalue weighted by atomic mass is 19.1. The summed E-state index contributed by atoms with van der Waals surface area (Å²) in [5.41, 5.74) is -2.15. The van der Waals surface area contributed by atoms with E-state index < -0.39 is 29.4 Å². The van der Waals surface area contributed by atoms with Gasteiger partial charge in [-0.3, -0.25) is 0 Å². The van der Waals surface area contributed by atoms with E-state index in [2.05, 4.69) is 15.4 Å². The summed E-state index contributed by atoms with van der Waals surface area (Å²) in [7, 11) is 0. The van der Waals surface area contributed by atoms with Gasteiger partial charge in [-0.2, -0.15) is 5.10 Å². The second-order valence-electron chi connectivity index (χ2n) is 6.21.